The number of amides is 1. The van der Waals surface area contributed by atoms with Crippen molar-refractivity contribution in [3.8, 4) is 0 Å². The van der Waals surface area contributed by atoms with Crippen molar-refractivity contribution in [1.29, 1.82) is 0 Å². The number of halogens is 1. The van der Waals surface area contributed by atoms with Crippen molar-refractivity contribution < 1.29 is 13.6 Å². The summed E-state index contributed by atoms with van der Waals surface area (Å²) < 4.78 is 19.8. The maximum atomic E-state index is 13.8. The van der Waals surface area contributed by atoms with Crippen LogP contribution in [-0.4, -0.2) is 54.4 Å². The van der Waals surface area contributed by atoms with E-state index in [1.165, 1.54) is 6.07 Å². The van der Waals surface area contributed by atoms with Gasteiger partial charge in [-0.05, 0) is 45.5 Å². The second-order valence-corrected chi connectivity index (χ2v) is 7.62. The molecular weight excluding hydrogens is 333 g/mol. The molecule has 0 radical (unpaired) electrons. The average molecular weight is 359 g/mol. The third-order valence-electron chi connectivity index (χ3n) is 4.89. The lowest BCUT2D eigenvalue weighted by Crippen LogP contribution is -2.49. The Morgan fingerprint density at radius 1 is 1.38 bits per heavy atom. The van der Waals surface area contributed by atoms with Crippen molar-refractivity contribution in [3.63, 3.8) is 0 Å². The summed E-state index contributed by atoms with van der Waals surface area (Å²) >= 11 is 0. The SMILES string of the molecule is CN(C)CC(=O)N1CCC[C@@](C)(c2ncc(Cc3ccccc3F)o2)C1. The summed E-state index contributed by atoms with van der Waals surface area (Å²) in [6, 6.07) is 6.68. The van der Waals surface area contributed by atoms with Gasteiger partial charge in [-0.15, -0.1) is 0 Å². The van der Waals surface area contributed by atoms with Gasteiger partial charge in [-0.1, -0.05) is 18.2 Å². The molecule has 2 heterocycles. The van der Waals surface area contributed by atoms with Crippen molar-refractivity contribution in [2.45, 2.75) is 31.6 Å². The van der Waals surface area contributed by atoms with E-state index in [1.807, 2.05) is 30.0 Å². The Morgan fingerprint density at radius 2 is 2.15 bits per heavy atom. The quantitative estimate of drug-likeness (QED) is 0.824. The van der Waals surface area contributed by atoms with Gasteiger partial charge in [0.1, 0.15) is 11.6 Å². The van der Waals surface area contributed by atoms with Crippen LogP contribution in [0.3, 0.4) is 0 Å². The Labute approximate surface area is 153 Å². The van der Waals surface area contributed by atoms with Crippen molar-refractivity contribution >= 4 is 5.91 Å². The zero-order chi connectivity index (χ0) is 18.7. The van der Waals surface area contributed by atoms with E-state index < -0.39 is 0 Å². The Bertz CT molecular complexity index is 774. The van der Waals surface area contributed by atoms with Gasteiger partial charge in [0.2, 0.25) is 11.8 Å². The van der Waals surface area contributed by atoms with E-state index in [-0.39, 0.29) is 17.1 Å². The van der Waals surface area contributed by atoms with Crippen LogP contribution in [0.1, 0.15) is 37.0 Å². The van der Waals surface area contributed by atoms with Crippen LogP contribution >= 0.6 is 0 Å². The van der Waals surface area contributed by atoms with E-state index in [0.29, 0.717) is 36.7 Å². The maximum Gasteiger partial charge on any atom is 0.236 e. The standard InChI is InChI=1S/C20H26FN3O2/c1-20(9-6-10-24(14-20)18(25)13-23(2)3)19-22-12-16(26-19)11-15-7-4-5-8-17(15)21/h4-5,7-8,12H,6,9-11,13-14H2,1-3H3/t20-/m1/s1. The normalized spacial score (nSPS) is 20.6. The van der Waals surface area contributed by atoms with E-state index in [2.05, 4.69) is 11.9 Å². The number of piperidine rings is 1. The molecule has 2 aromatic rings. The first-order valence-corrected chi connectivity index (χ1v) is 8.98. The third kappa shape index (κ3) is 4.12. The molecule has 3 rings (SSSR count). The van der Waals surface area contributed by atoms with E-state index in [4.69, 9.17) is 4.42 Å². The highest BCUT2D eigenvalue weighted by Gasteiger charge is 2.38. The molecule has 26 heavy (non-hydrogen) atoms. The van der Waals surface area contributed by atoms with Gasteiger partial charge >= 0.3 is 0 Å². The average Bonchev–Trinajstić information content (AvgIpc) is 3.06. The van der Waals surface area contributed by atoms with Gasteiger partial charge in [0.05, 0.1) is 18.2 Å². The molecule has 1 amide bonds. The summed E-state index contributed by atoms with van der Waals surface area (Å²) in [6.45, 7) is 3.85. The number of rotatable bonds is 5. The minimum Gasteiger partial charge on any atom is -0.445 e. The van der Waals surface area contributed by atoms with Crippen LogP contribution in [0.2, 0.25) is 0 Å². The summed E-state index contributed by atoms with van der Waals surface area (Å²) in [7, 11) is 3.79. The lowest BCUT2D eigenvalue weighted by atomic mass is 9.81. The topological polar surface area (TPSA) is 49.6 Å². The molecule has 1 fully saturated rings. The van der Waals surface area contributed by atoms with Gasteiger partial charge in [-0.3, -0.25) is 4.79 Å². The molecule has 1 aliphatic rings. The molecule has 1 aromatic heterocycles. The first-order chi connectivity index (χ1) is 12.4. The third-order valence-corrected chi connectivity index (χ3v) is 4.89. The molecule has 1 saturated heterocycles. The number of hydrogen-bond acceptors (Lipinski definition) is 4. The number of likely N-dealkylation sites (N-methyl/N-ethyl adjacent to an activating group) is 1. The van der Waals surface area contributed by atoms with E-state index >= 15 is 0 Å². The van der Waals surface area contributed by atoms with Gasteiger partial charge in [0, 0.05) is 19.5 Å². The summed E-state index contributed by atoms with van der Waals surface area (Å²) in [4.78, 5) is 20.6. The lowest BCUT2D eigenvalue weighted by molar-refractivity contribution is -0.134. The van der Waals surface area contributed by atoms with Crippen LogP contribution in [0.15, 0.2) is 34.9 Å². The largest absolute Gasteiger partial charge is 0.445 e. The summed E-state index contributed by atoms with van der Waals surface area (Å²) in [5.41, 5.74) is 0.278. The number of carbonyl (C=O) groups excluding carboxylic acids is 1. The Morgan fingerprint density at radius 3 is 2.88 bits per heavy atom. The minimum absolute atomic E-state index is 0.124. The molecule has 1 aromatic carbocycles. The molecule has 0 bridgehead atoms. The molecular formula is C20H26FN3O2. The highest BCUT2D eigenvalue weighted by atomic mass is 19.1. The summed E-state index contributed by atoms with van der Waals surface area (Å²) in [5, 5.41) is 0. The van der Waals surface area contributed by atoms with Crippen LogP contribution in [0.25, 0.3) is 0 Å². The van der Waals surface area contributed by atoms with Crippen molar-refractivity contribution in [2.24, 2.45) is 0 Å². The number of benzene rings is 1. The molecule has 5 nitrogen and oxygen atoms in total. The van der Waals surface area contributed by atoms with Crippen LogP contribution in [0.4, 0.5) is 4.39 Å². The zero-order valence-corrected chi connectivity index (χ0v) is 15.7. The Balaban J connectivity index is 1.73. The number of carbonyl (C=O) groups is 1. The van der Waals surface area contributed by atoms with Gasteiger partial charge in [-0.25, -0.2) is 9.37 Å². The number of hydrogen-bond donors (Lipinski definition) is 0. The molecule has 0 spiro atoms. The van der Waals surface area contributed by atoms with E-state index in [9.17, 15) is 9.18 Å². The van der Waals surface area contributed by atoms with Gasteiger partial charge < -0.3 is 14.2 Å². The van der Waals surface area contributed by atoms with Gasteiger partial charge in [0.25, 0.3) is 0 Å². The highest BCUT2D eigenvalue weighted by Crippen LogP contribution is 2.33. The summed E-state index contributed by atoms with van der Waals surface area (Å²) in [5.74, 6) is 1.16. The van der Waals surface area contributed by atoms with Gasteiger partial charge in [0.15, 0.2) is 0 Å². The lowest BCUT2D eigenvalue weighted by Gasteiger charge is -2.38. The van der Waals surface area contributed by atoms with Crippen LogP contribution in [0.5, 0.6) is 0 Å². The maximum absolute atomic E-state index is 13.8. The smallest absolute Gasteiger partial charge is 0.236 e. The minimum atomic E-state index is -0.312. The number of oxazole rings is 1. The predicted octanol–water partition coefficient (Wildman–Crippen LogP) is 2.85. The van der Waals surface area contributed by atoms with Crippen LogP contribution in [0, 0.1) is 5.82 Å². The first kappa shape index (κ1) is 18.6. The molecule has 1 aliphatic heterocycles. The summed E-state index contributed by atoms with van der Waals surface area (Å²) in [6.07, 6.45) is 3.88. The fourth-order valence-corrected chi connectivity index (χ4v) is 3.50. The van der Waals surface area contributed by atoms with Gasteiger partial charge in [-0.2, -0.15) is 0 Å². The highest BCUT2D eigenvalue weighted by molar-refractivity contribution is 5.78. The first-order valence-electron chi connectivity index (χ1n) is 8.98. The molecule has 0 N–H and O–H groups in total. The molecule has 0 aliphatic carbocycles. The molecule has 1 atom stereocenters. The molecule has 6 heteroatoms. The van der Waals surface area contributed by atoms with Crippen LogP contribution < -0.4 is 0 Å². The number of nitrogens with zero attached hydrogens (tertiary/aromatic N) is 3. The van der Waals surface area contributed by atoms with Crippen molar-refractivity contribution in [3.05, 3.63) is 53.5 Å². The van der Waals surface area contributed by atoms with E-state index in [1.54, 1.807) is 18.3 Å². The number of likely N-dealkylation sites (tertiary alicyclic amines) is 1. The van der Waals surface area contributed by atoms with Crippen LogP contribution in [-0.2, 0) is 16.6 Å². The zero-order valence-electron chi connectivity index (χ0n) is 15.7. The second kappa shape index (κ2) is 7.58. The monoisotopic (exact) mass is 359 g/mol. The Hall–Kier alpha value is -2.21. The van der Waals surface area contributed by atoms with Crippen molar-refractivity contribution in [2.75, 3.05) is 33.7 Å². The Kier molecular flexibility index (Phi) is 5.41. The van der Waals surface area contributed by atoms with E-state index in [0.717, 1.165) is 19.4 Å². The second-order valence-electron chi connectivity index (χ2n) is 7.62. The molecule has 140 valence electrons. The number of aromatic nitrogens is 1. The van der Waals surface area contributed by atoms with Crippen molar-refractivity contribution in [1.82, 2.24) is 14.8 Å². The molecule has 0 saturated carbocycles. The fraction of sp³-hybridized carbons (Fsp3) is 0.500. The predicted molar refractivity (Wildman–Crippen MR) is 97.4 cm³/mol. The fourth-order valence-electron chi connectivity index (χ4n) is 3.50. The molecule has 0 unspecified atom stereocenters.